The highest BCUT2D eigenvalue weighted by Crippen LogP contribution is 2.16. The molecule has 0 aliphatic heterocycles. The molecule has 0 bridgehead atoms. The number of carbonyl (C=O) groups excluding carboxylic acids is 2. The van der Waals surface area contributed by atoms with E-state index in [4.69, 9.17) is 0 Å². The summed E-state index contributed by atoms with van der Waals surface area (Å²) in [6.07, 6.45) is 1.59. The third kappa shape index (κ3) is 5.05. The van der Waals surface area contributed by atoms with E-state index in [1.807, 2.05) is 36.4 Å². The summed E-state index contributed by atoms with van der Waals surface area (Å²) in [5.41, 5.74) is 3.85. The van der Waals surface area contributed by atoms with Gasteiger partial charge in [0.25, 0.3) is 5.91 Å². The fraction of sp³-hybridized carbons (Fsp3) is 0.0556. The van der Waals surface area contributed by atoms with Gasteiger partial charge in [0.15, 0.2) is 0 Å². The molecule has 130 valence electrons. The molecule has 0 radical (unpaired) electrons. The van der Waals surface area contributed by atoms with Gasteiger partial charge in [0.2, 0.25) is 11.0 Å². The second kappa shape index (κ2) is 8.63. The molecule has 2 N–H and O–H groups in total. The fourth-order valence-corrected chi connectivity index (χ4v) is 2.76. The van der Waals surface area contributed by atoms with Crippen LogP contribution in [-0.4, -0.2) is 28.2 Å². The van der Waals surface area contributed by atoms with Crippen LogP contribution in [0.15, 0.2) is 65.8 Å². The van der Waals surface area contributed by atoms with Gasteiger partial charge in [-0.2, -0.15) is 5.10 Å². The molecule has 2 amide bonds. The Morgan fingerprint density at radius 3 is 2.42 bits per heavy atom. The fourth-order valence-electron chi connectivity index (χ4n) is 2.03. The lowest BCUT2D eigenvalue weighted by Crippen LogP contribution is -2.19. The molecular weight excluding hydrogens is 350 g/mol. The maximum atomic E-state index is 12.1. The zero-order chi connectivity index (χ0) is 18.2. The smallest absolute Gasteiger partial charge is 0.257 e. The molecule has 0 aliphatic carbocycles. The number of hydrogen-bond donors (Lipinski definition) is 2. The van der Waals surface area contributed by atoms with E-state index in [0.29, 0.717) is 15.7 Å². The standard InChI is InChI=1S/C18H15N5O2S/c24-15(21-19-12-13-7-3-1-4-8-13)11-16-22-23-18(26-16)20-17(25)14-9-5-2-6-10-14/h1-10,12H,11H2,(H,21,24)(H,20,23,25)/b19-12-. The first-order chi connectivity index (χ1) is 12.7. The van der Waals surface area contributed by atoms with E-state index >= 15 is 0 Å². The largest absolute Gasteiger partial charge is 0.296 e. The molecule has 0 aliphatic rings. The Balaban J connectivity index is 1.51. The maximum absolute atomic E-state index is 12.1. The molecule has 3 rings (SSSR count). The van der Waals surface area contributed by atoms with Crippen molar-refractivity contribution in [3.05, 3.63) is 76.8 Å². The molecule has 1 aromatic heterocycles. The van der Waals surface area contributed by atoms with Gasteiger partial charge in [-0.3, -0.25) is 14.9 Å². The Morgan fingerprint density at radius 1 is 1.00 bits per heavy atom. The minimum atomic E-state index is -0.311. The Kier molecular flexibility index (Phi) is 5.79. The molecule has 3 aromatic rings. The predicted octanol–water partition coefficient (Wildman–Crippen LogP) is 2.48. The molecule has 1 heterocycles. The van der Waals surface area contributed by atoms with Crippen LogP contribution in [0.2, 0.25) is 0 Å². The average molecular weight is 365 g/mol. The minimum absolute atomic E-state index is 0.0327. The number of aromatic nitrogens is 2. The molecule has 8 heteroatoms. The Morgan fingerprint density at radius 2 is 1.69 bits per heavy atom. The topological polar surface area (TPSA) is 96.3 Å². The zero-order valence-corrected chi connectivity index (χ0v) is 14.4. The van der Waals surface area contributed by atoms with Gasteiger partial charge in [0, 0.05) is 5.56 Å². The van der Waals surface area contributed by atoms with Gasteiger partial charge in [-0.05, 0) is 17.7 Å². The van der Waals surface area contributed by atoms with Crippen molar-refractivity contribution in [2.24, 2.45) is 5.10 Å². The van der Waals surface area contributed by atoms with Crippen LogP contribution in [0.1, 0.15) is 20.9 Å². The normalized spacial score (nSPS) is 10.6. The molecule has 0 unspecified atom stereocenters. The van der Waals surface area contributed by atoms with Crippen LogP contribution in [0.3, 0.4) is 0 Å². The molecular formula is C18H15N5O2S. The number of hydrogen-bond acceptors (Lipinski definition) is 6. The molecule has 0 fully saturated rings. The number of anilines is 1. The van der Waals surface area contributed by atoms with Gasteiger partial charge in [-0.15, -0.1) is 10.2 Å². The van der Waals surface area contributed by atoms with Crippen LogP contribution in [0.4, 0.5) is 5.13 Å². The van der Waals surface area contributed by atoms with E-state index in [2.05, 4.69) is 26.0 Å². The molecule has 0 atom stereocenters. The Hall–Kier alpha value is -3.39. The number of benzene rings is 2. The van der Waals surface area contributed by atoms with Crippen molar-refractivity contribution in [3.63, 3.8) is 0 Å². The number of nitrogens with zero attached hydrogens (tertiary/aromatic N) is 3. The van der Waals surface area contributed by atoms with Crippen LogP contribution in [0.25, 0.3) is 0 Å². The predicted molar refractivity (Wildman–Crippen MR) is 100 cm³/mol. The number of carbonyl (C=O) groups is 2. The van der Waals surface area contributed by atoms with Gasteiger partial charge in [0.05, 0.1) is 12.6 Å². The number of rotatable bonds is 6. The van der Waals surface area contributed by atoms with E-state index in [0.717, 1.165) is 16.9 Å². The van der Waals surface area contributed by atoms with Crippen molar-refractivity contribution in [1.82, 2.24) is 15.6 Å². The van der Waals surface area contributed by atoms with Gasteiger partial charge >= 0.3 is 0 Å². The molecule has 0 saturated heterocycles. The lowest BCUT2D eigenvalue weighted by molar-refractivity contribution is -0.120. The zero-order valence-electron chi connectivity index (χ0n) is 13.6. The number of amides is 2. The quantitative estimate of drug-likeness (QED) is 0.518. The van der Waals surface area contributed by atoms with Gasteiger partial charge in [-0.1, -0.05) is 59.9 Å². The Bertz CT molecular complexity index is 910. The van der Waals surface area contributed by atoms with Crippen LogP contribution in [-0.2, 0) is 11.2 Å². The van der Waals surface area contributed by atoms with Crippen molar-refractivity contribution < 1.29 is 9.59 Å². The molecule has 7 nitrogen and oxygen atoms in total. The lowest BCUT2D eigenvalue weighted by atomic mass is 10.2. The summed E-state index contributed by atoms with van der Waals surface area (Å²) in [5, 5.41) is 15.2. The summed E-state index contributed by atoms with van der Waals surface area (Å²) in [7, 11) is 0. The highest BCUT2D eigenvalue weighted by atomic mass is 32.1. The van der Waals surface area contributed by atoms with Crippen LogP contribution in [0, 0.1) is 0 Å². The Labute approximate surface area is 153 Å². The van der Waals surface area contributed by atoms with E-state index in [1.54, 1.807) is 30.5 Å². The molecule has 2 aromatic carbocycles. The second-order valence-corrected chi connectivity index (χ2v) is 6.26. The van der Waals surface area contributed by atoms with Gasteiger partial charge in [0.1, 0.15) is 5.01 Å². The molecule has 0 spiro atoms. The van der Waals surface area contributed by atoms with E-state index in [1.165, 1.54) is 0 Å². The second-order valence-electron chi connectivity index (χ2n) is 5.20. The summed E-state index contributed by atoms with van der Waals surface area (Å²) in [6, 6.07) is 18.2. The third-order valence-corrected chi connectivity index (χ3v) is 4.08. The van der Waals surface area contributed by atoms with Crippen molar-refractivity contribution in [3.8, 4) is 0 Å². The van der Waals surface area contributed by atoms with Crippen molar-refractivity contribution in [1.29, 1.82) is 0 Å². The number of hydrazone groups is 1. The maximum Gasteiger partial charge on any atom is 0.257 e. The van der Waals surface area contributed by atoms with E-state index in [-0.39, 0.29) is 18.2 Å². The monoisotopic (exact) mass is 365 g/mol. The van der Waals surface area contributed by atoms with Crippen molar-refractivity contribution >= 4 is 34.5 Å². The van der Waals surface area contributed by atoms with Crippen LogP contribution >= 0.6 is 11.3 Å². The highest BCUT2D eigenvalue weighted by molar-refractivity contribution is 7.15. The minimum Gasteiger partial charge on any atom is -0.296 e. The molecule has 26 heavy (non-hydrogen) atoms. The van der Waals surface area contributed by atoms with Crippen LogP contribution in [0.5, 0.6) is 0 Å². The van der Waals surface area contributed by atoms with Gasteiger partial charge in [-0.25, -0.2) is 5.43 Å². The lowest BCUT2D eigenvalue weighted by Gasteiger charge is -1.99. The summed E-state index contributed by atoms with van der Waals surface area (Å²) in [4.78, 5) is 23.9. The number of nitrogens with one attached hydrogen (secondary N) is 2. The van der Waals surface area contributed by atoms with E-state index < -0.39 is 0 Å². The first-order valence-corrected chi connectivity index (χ1v) is 8.58. The summed E-state index contributed by atoms with van der Waals surface area (Å²) in [6.45, 7) is 0. The van der Waals surface area contributed by atoms with E-state index in [9.17, 15) is 9.59 Å². The van der Waals surface area contributed by atoms with Gasteiger partial charge < -0.3 is 0 Å². The summed E-state index contributed by atoms with van der Waals surface area (Å²) >= 11 is 1.15. The van der Waals surface area contributed by atoms with Crippen LogP contribution < -0.4 is 10.7 Å². The molecule has 0 saturated carbocycles. The SMILES string of the molecule is O=C(Cc1nnc(NC(=O)c2ccccc2)s1)N/N=C\c1ccccc1. The average Bonchev–Trinajstić information content (AvgIpc) is 3.10. The first-order valence-electron chi connectivity index (χ1n) is 7.76. The van der Waals surface area contributed by atoms with Crippen molar-refractivity contribution in [2.45, 2.75) is 6.42 Å². The summed E-state index contributed by atoms with van der Waals surface area (Å²) < 4.78 is 0. The highest BCUT2D eigenvalue weighted by Gasteiger charge is 2.12. The third-order valence-electron chi connectivity index (χ3n) is 3.24. The summed E-state index contributed by atoms with van der Waals surface area (Å²) in [5.74, 6) is -0.584. The first kappa shape index (κ1) is 17.4. The van der Waals surface area contributed by atoms with Crippen molar-refractivity contribution in [2.75, 3.05) is 5.32 Å².